The van der Waals surface area contributed by atoms with E-state index in [0.717, 1.165) is 45.9 Å². The first-order valence-corrected chi connectivity index (χ1v) is 12.3. The Hall–Kier alpha value is -2.52. The number of hydrogen-bond acceptors (Lipinski definition) is 7. The van der Waals surface area contributed by atoms with Crippen LogP contribution in [0.4, 0.5) is 11.1 Å². The van der Waals surface area contributed by atoms with Gasteiger partial charge in [0, 0.05) is 37.1 Å². The van der Waals surface area contributed by atoms with Gasteiger partial charge in [0.1, 0.15) is 0 Å². The van der Waals surface area contributed by atoms with Gasteiger partial charge in [-0.05, 0) is 62.2 Å². The van der Waals surface area contributed by atoms with Crippen LogP contribution in [-0.2, 0) is 7.05 Å². The van der Waals surface area contributed by atoms with Crippen molar-refractivity contribution >= 4 is 61.1 Å². The highest BCUT2D eigenvalue weighted by atomic mass is 35.5. The number of anilines is 2. The minimum Gasteiger partial charge on any atom is -0.392 e. The van der Waals surface area contributed by atoms with Gasteiger partial charge in [0.25, 0.3) is 0 Å². The lowest BCUT2D eigenvalue weighted by Crippen LogP contribution is -2.29. The van der Waals surface area contributed by atoms with Crippen LogP contribution in [0.2, 0.25) is 5.02 Å². The quantitative estimate of drug-likeness (QED) is 0.365. The molecule has 0 aliphatic carbocycles. The average Bonchev–Trinajstić information content (AvgIpc) is 3.45. The minimum atomic E-state index is -0.339. The molecular weight excluding hydrogens is 458 g/mol. The molecule has 2 aromatic carbocycles. The number of aliphatic hydroxyl groups excluding tert-OH is 1. The zero-order valence-corrected chi connectivity index (χ0v) is 20.2. The number of aromatic nitrogens is 3. The van der Waals surface area contributed by atoms with E-state index >= 15 is 0 Å². The molecular formula is C24H26ClN5O2S. The van der Waals surface area contributed by atoms with Crippen LogP contribution in [0.5, 0.6) is 0 Å². The van der Waals surface area contributed by atoms with Gasteiger partial charge in [-0.1, -0.05) is 22.9 Å². The van der Waals surface area contributed by atoms with Crippen LogP contribution in [0.1, 0.15) is 30.1 Å². The number of carbonyl (C=O) groups is 1. The number of aliphatic hydroxyl groups is 1. The molecule has 4 aromatic rings. The Bertz CT molecular complexity index is 1330. The SMILES string of the molecule is C[C@@H](O)CN1CC[C@@H](CC(=O)c2ccc3c(c2)nc(Nc2nc4ccc(Cl)cc4s2)n3C)C1. The van der Waals surface area contributed by atoms with Gasteiger partial charge < -0.3 is 19.9 Å². The van der Waals surface area contributed by atoms with Gasteiger partial charge in [-0.2, -0.15) is 0 Å². The molecule has 0 radical (unpaired) electrons. The lowest BCUT2D eigenvalue weighted by Gasteiger charge is -2.17. The van der Waals surface area contributed by atoms with Crippen LogP contribution >= 0.6 is 22.9 Å². The molecule has 0 unspecified atom stereocenters. The van der Waals surface area contributed by atoms with Gasteiger partial charge in [0.05, 0.1) is 27.4 Å². The largest absolute Gasteiger partial charge is 0.392 e. The number of halogens is 1. The maximum Gasteiger partial charge on any atom is 0.209 e. The third-order valence-electron chi connectivity index (χ3n) is 6.14. The highest BCUT2D eigenvalue weighted by Crippen LogP contribution is 2.31. The monoisotopic (exact) mass is 483 g/mol. The van der Waals surface area contributed by atoms with Gasteiger partial charge in [-0.25, -0.2) is 9.97 Å². The Kier molecular flexibility index (Phi) is 6.09. The van der Waals surface area contributed by atoms with Crippen molar-refractivity contribution in [2.24, 2.45) is 13.0 Å². The first kappa shape index (κ1) is 22.3. The summed E-state index contributed by atoms with van der Waals surface area (Å²) in [5.74, 6) is 1.15. The summed E-state index contributed by atoms with van der Waals surface area (Å²) in [5.41, 5.74) is 3.30. The van der Waals surface area contributed by atoms with E-state index in [4.69, 9.17) is 16.6 Å². The van der Waals surface area contributed by atoms with Crippen LogP contribution in [0.25, 0.3) is 21.3 Å². The normalized spacial score (nSPS) is 17.8. The standard InChI is InChI=1S/C24H26ClN5O2S/c1-14(31)12-30-8-7-15(13-30)9-21(32)16-3-6-20-19(10-16)26-23(29(20)2)28-24-27-18-5-4-17(25)11-22(18)33-24/h3-6,10-11,14-15,31H,7-9,12-13H2,1-2H3,(H,26,27,28)/t14-,15+/m1/s1. The third-order valence-corrected chi connectivity index (χ3v) is 7.31. The second-order valence-corrected chi connectivity index (χ2v) is 10.3. The van der Waals surface area contributed by atoms with Crippen molar-refractivity contribution in [3.05, 3.63) is 47.0 Å². The number of nitrogens with one attached hydrogen (secondary N) is 1. The van der Waals surface area contributed by atoms with E-state index < -0.39 is 0 Å². The van der Waals surface area contributed by atoms with E-state index in [2.05, 4.69) is 15.2 Å². The Morgan fingerprint density at radius 1 is 1.27 bits per heavy atom. The molecule has 0 spiro atoms. The molecule has 5 rings (SSSR count). The van der Waals surface area contributed by atoms with Crippen molar-refractivity contribution in [1.29, 1.82) is 0 Å². The fraction of sp³-hybridized carbons (Fsp3) is 0.375. The van der Waals surface area contributed by atoms with Crippen molar-refractivity contribution in [2.45, 2.75) is 25.9 Å². The van der Waals surface area contributed by atoms with Crippen LogP contribution < -0.4 is 5.32 Å². The molecule has 33 heavy (non-hydrogen) atoms. The van der Waals surface area contributed by atoms with Crippen molar-refractivity contribution in [3.63, 3.8) is 0 Å². The van der Waals surface area contributed by atoms with Gasteiger partial charge in [-0.3, -0.25) is 4.79 Å². The molecule has 1 aliphatic heterocycles. The molecule has 2 N–H and O–H groups in total. The average molecular weight is 484 g/mol. The zero-order valence-electron chi connectivity index (χ0n) is 18.6. The molecule has 0 amide bonds. The Labute approximate surface area is 201 Å². The Balaban J connectivity index is 1.31. The van der Waals surface area contributed by atoms with Crippen LogP contribution in [0, 0.1) is 5.92 Å². The molecule has 0 saturated carbocycles. The summed E-state index contributed by atoms with van der Waals surface area (Å²) < 4.78 is 2.98. The number of likely N-dealkylation sites (tertiary alicyclic amines) is 1. The number of thiazole rings is 1. The molecule has 1 saturated heterocycles. The highest BCUT2D eigenvalue weighted by molar-refractivity contribution is 7.22. The fourth-order valence-electron chi connectivity index (χ4n) is 4.53. The fourth-order valence-corrected chi connectivity index (χ4v) is 5.67. The first-order chi connectivity index (χ1) is 15.9. The predicted octanol–water partition coefficient (Wildman–Crippen LogP) is 4.86. The number of β-amino-alcohol motifs (C(OH)–C–C–N with tert-alkyl or cyclic N) is 1. The molecule has 172 valence electrons. The van der Waals surface area contributed by atoms with E-state index in [9.17, 15) is 9.90 Å². The van der Waals surface area contributed by atoms with Gasteiger partial charge in [0.15, 0.2) is 10.9 Å². The maximum atomic E-state index is 12.9. The van der Waals surface area contributed by atoms with Crippen molar-refractivity contribution in [1.82, 2.24) is 19.4 Å². The summed E-state index contributed by atoms with van der Waals surface area (Å²) >= 11 is 7.61. The van der Waals surface area contributed by atoms with E-state index in [0.29, 0.717) is 35.4 Å². The van der Waals surface area contributed by atoms with Crippen LogP contribution in [-0.4, -0.2) is 56.1 Å². The van der Waals surface area contributed by atoms with Crippen LogP contribution in [0.15, 0.2) is 36.4 Å². The molecule has 3 heterocycles. The topological polar surface area (TPSA) is 83.3 Å². The second-order valence-electron chi connectivity index (χ2n) is 8.84. The Morgan fingerprint density at radius 3 is 2.94 bits per heavy atom. The minimum absolute atomic E-state index is 0.143. The van der Waals surface area contributed by atoms with Crippen LogP contribution in [0.3, 0.4) is 0 Å². The van der Waals surface area contributed by atoms with E-state index in [1.165, 1.54) is 11.3 Å². The molecule has 0 bridgehead atoms. The third kappa shape index (κ3) is 4.75. The van der Waals surface area contributed by atoms with Crippen molar-refractivity contribution in [2.75, 3.05) is 25.0 Å². The number of fused-ring (bicyclic) bond motifs is 2. The summed E-state index contributed by atoms with van der Waals surface area (Å²) in [6, 6.07) is 11.4. The number of benzene rings is 2. The van der Waals surface area contributed by atoms with E-state index in [1.54, 1.807) is 6.92 Å². The van der Waals surface area contributed by atoms with E-state index in [-0.39, 0.29) is 11.9 Å². The van der Waals surface area contributed by atoms with Gasteiger partial charge in [-0.15, -0.1) is 0 Å². The predicted molar refractivity (Wildman–Crippen MR) is 134 cm³/mol. The number of hydrogen-bond donors (Lipinski definition) is 2. The summed E-state index contributed by atoms with van der Waals surface area (Å²) in [6.45, 7) is 4.28. The molecule has 7 nitrogen and oxygen atoms in total. The lowest BCUT2D eigenvalue weighted by atomic mass is 9.97. The lowest BCUT2D eigenvalue weighted by molar-refractivity contribution is 0.0959. The number of ketones is 1. The van der Waals surface area contributed by atoms with Gasteiger partial charge in [0.2, 0.25) is 5.95 Å². The molecule has 9 heteroatoms. The summed E-state index contributed by atoms with van der Waals surface area (Å²) in [7, 11) is 1.94. The second kappa shape index (κ2) is 9.02. The summed E-state index contributed by atoms with van der Waals surface area (Å²) in [6.07, 6.45) is 1.18. The summed E-state index contributed by atoms with van der Waals surface area (Å²) in [4.78, 5) is 24.5. The summed E-state index contributed by atoms with van der Waals surface area (Å²) in [5, 5.41) is 14.3. The number of carbonyl (C=O) groups excluding carboxylic acids is 1. The number of Topliss-reactive ketones (excluding diaryl/α,β-unsaturated/α-hetero) is 1. The number of nitrogens with zero attached hydrogens (tertiary/aromatic N) is 4. The maximum absolute atomic E-state index is 12.9. The Morgan fingerprint density at radius 2 is 2.12 bits per heavy atom. The molecule has 2 atom stereocenters. The van der Waals surface area contributed by atoms with Gasteiger partial charge >= 0.3 is 0 Å². The van der Waals surface area contributed by atoms with Crippen molar-refractivity contribution < 1.29 is 9.90 Å². The number of imidazole rings is 1. The number of rotatable bonds is 7. The molecule has 1 fully saturated rings. The molecule has 2 aromatic heterocycles. The zero-order chi connectivity index (χ0) is 23.1. The molecule has 1 aliphatic rings. The first-order valence-electron chi connectivity index (χ1n) is 11.1. The van der Waals surface area contributed by atoms with E-state index in [1.807, 2.05) is 48.0 Å². The highest BCUT2D eigenvalue weighted by Gasteiger charge is 2.26. The smallest absolute Gasteiger partial charge is 0.209 e. The van der Waals surface area contributed by atoms with Crippen molar-refractivity contribution in [3.8, 4) is 0 Å². The number of aryl methyl sites for hydroxylation is 1.